The van der Waals surface area contributed by atoms with Crippen molar-refractivity contribution < 1.29 is 14.4 Å². The Balaban J connectivity index is 1.10. The number of nitrogens with one attached hydrogen (secondary N) is 1. The molecule has 3 amide bonds. The number of benzene rings is 2. The second-order valence-corrected chi connectivity index (χ2v) is 12.0. The molecular formula is C31H36N4O3S. The summed E-state index contributed by atoms with van der Waals surface area (Å²) in [5, 5.41) is 4.51. The Morgan fingerprint density at radius 2 is 1.41 bits per heavy atom. The highest BCUT2D eigenvalue weighted by atomic mass is 32.1. The van der Waals surface area contributed by atoms with Gasteiger partial charge in [0.2, 0.25) is 5.91 Å². The van der Waals surface area contributed by atoms with E-state index in [9.17, 15) is 14.4 Å². The summed E-state index contributed by atoms with van der Waals surface area (Å²) in [5.41, 5.74) is 1.16. The van der Waals surface area contributed by atoms with Gasteiger partial charge in [-0.2, -0.15) is 0 Å². The molecule has 3 aromatic rings. The van der Waals surface area contributed by atoms with Gasteiger partial charge in [0.15, 0.2) is 0 Å². The fourth-order valence-electron chi connectivity index (χ4n) is 6.44. The summed E-state index contributed by atoms with van der Waals surface area (Å²) in [6, 6.07) is 17.4. The van der Waals surface area contributed by atoms with Crippen molar-refractivity contribution in [2.75, 3.05) is 44.6 Å². The fourth-order valence-corrected chi connectivity index (χ4v) is 7.53. The minimum Gasteiger partial charge on any atom is -0.342 e. The Labute approximate surface area is 233 Å². The van der Waals surface area contributed by atoms with Crippen LogP contribution in [0, 0.1) is 5.92 Å². The van der Waals surface area contributed by atoms with Gasteiger partial charge in [0.1, 0.15) is 5.00 Å². The Kier molecular flexibility index (Phi) is 7.66. The van der Waals surface area contributed by atoms with Crippen LogP contribution in [-0.4, -0.2) is 77.7 Å². The van der Waals surface area contributed by atoms with Crippen molar-refractivity contribution in [3.63, 3.8) is 0 Å². The first kappa shape index (κ1) is 26.0. The van der Waals surface area contributed by atoms with Crippen molar-refractivity contribution in [2.24, 2.45) is 5.92 Å². The fraction of sp³-hybridized carbons (Fsp3) is 0.452. The van der Waals surface area contributed by atoms with Gasteiger partial charge in [0.05, 0.1) is 5.56 Å². The van der Waals surface area contributed by atoms with Crippen LogP contribution < -0.4 is 5.32 Å². The highest BCUT2D eigenvalue weighted by Gasteiger charge is 2.34. The molecule has 1 aliphatic carbocycles. The molecule has 8 heteroatoms. The Morgan fingerprint density at radius 1 is 0.744 bits per heavy atom. The largest absolute Gasteiger partial charge is 0.342 e. The number of carbonyl (C=O) groups excluding carboxylic acids is 3. The van der Waals surface area contributed by atoms with Gasteiger partial charge in [0.25, 0.3) is 11.8 Å². The first-order valence-corrected chi connectivity index (χ1v) is 15.1. The second-order valence-electron chi connectivity index (χ2n) is 11.0. The van der Waals surface area contributed by atoms with E-state index in [4.69, 9.17) is 0 Å². The third kappa shape index (κ3) is 5.45. The molecule has 1 aromatic heterocycles. The van der Waals surface area contributed by atoms with Gasteiger partial charge in [-0.25, -0.2) is 0 Å². The lowest BCUT2D eigenvalue weighted by molar-refractivity contribution is -0.137. The molecule has 0 bridgehead atoms. The number of likely N-dealkylation sites (tertiary alicyclic amines) is 1. The molecular weight excluding hydrogens is 508 g/mol. The van der Waals surface area contributed by atoms with Crippen LogP contribution in [-0.2, 0) is 4.79 Å². The molecule has 0 atom stereocenters. The molecule has 0 unspecified atom stereocenters. The van der Waals surface area contributed by atoms with Gasteiger partial charge in [-0.3, -0.25) is 19.3 Å². The summed E-state index contributed by atoms with van der Waals surface area (Å²) in [7, 11) is 0. The van der Waals surface area contributed by atoms with Gasteiger partial charge < -0.3 is 15.1 Å². The monoisotopic (exact) mass is 544 g/mol. The van der Waals surface area contributed by atoms with Gasteiger partial charge >= 0.3 is 0 Å². The Hall–Kier alpha value is -3.23. The maximum atomic E-state index is 13.9. The Morgan fingerprint density at radius 3 is 2.13 bits per heavy atom. The molecule has 0 radical (unpaired) electrons. The van der Waals surface area contributed by atoms with Crippen LogP contribution in [0.15, 0.2) is 54.6 Å². The average Bonchev–Trinajstić information content (AvgIpc) is 3.65. The molecule has 39 heavy (non-hydrogen) atoms. The quantitative estimate of drug-likeness (QED) is 0.486. The number of fused-ring (bicyclic) bond motifs is 1. The van der Waals surface area contributed by atoms with Crippen molar-refractivity contribution in [3.05, 3.63) is 65.7 Å². The van der Waals surface area contributed by atoms with E-state index < -0.39 is 0 Å². The number of thiophene rings is 1. The standard InChI is InChI=1S/C31H36N4O3S/c36-28(22-8-2-1-3-9-22)32-29-27(25-12-6-7-13-26(25)39-29)31(38)35-20-18-33(19-21-35)24-14-16-34(17-15-24)30(37)23-10-4-5-11-23/h1-3,6-9,12-13,23-24H,4-5,10-11,14-21H2,(H,32,36). The van der Waals surface area contributed by atoms with E-state index in [-0.39, 0.29) is 17.7 Å². The smallest absolute Gasteiger partial charge is 0.257 e. The lowest BCUT2D eigenvalue weighted by Crippen LogP contribution is -2.55. The SMILES string of the molecule is O=C(Nc1sc2ccccc2c1C(=O)N1CCN(C2CCN(C(=O)C3CCCC3)CC2)CC1)c1ccccc1. The molecule has 2 aliphatic heterocycles. The first-order chi connectivity index (χ1) is 19.1. The average molecular weight is 545 g/mol. The number of amides is 3. The Bertz CT molecular complexity index is 1330. The normalized spacial score (nSPS) is 19.5. The summed E-state index contributed by atoms with van der Waals surface area (Å²) in [4.78, 5) is 46.2. The molecule has 3 fully saturated rings. The topological polar surface area (TPSA) is 73.0 Å². The van der Waals surface area contributed by atoms with Crippen molar-refractivity contribution >= 4 is 44.1 Å². The van der Waals surface area contributed by atoms with Crippen molar-refractivity contribution in [1.82, 2.24) is 14.7 Å². The van der Waals surface area contributed by atoms with Crippen LogP contribution >= 0.6 is 11.3 Å². The third-order valence-electron chi connectivity index (χ3n) is 8.67. The maximum Gasteiger partial charge on any atom is 0.257 e. The van der Waals surface area contributed by atoms with E-state index >= 15 is 0 Å². The molecule has 7 nitrogen and oxygen atoms in total. The van der Waals surface area contributed by atoms with Crippen molar-refractivity contribution in [1.29, 1.82) is 0 Å². The van der Waals surface area contributed by atoms with E-state index in [2.05, 4.69) is 15.1 Å². The number of rotatable bonds is 5. The summed E-state index contributed by atoms with van der Waals surface area (Å²) in [6.45, 7) is 4.70. The second kappa shape index (κ2) is 11.5. The minimum absolute atomic E-state index is 0.0209. The molecule has 204 valence electrons. The number of carbonyl (C=O) groups is 3. The minimum atomic E-state index is -0.209. The van der Waals surface area contributed by atoms with E-state index in [1.54, 1.807) is 12.1 Å². The number of nitrogens with zero attached hydrogens (tertiary/aromatic N) is 3. The number of piperazine rings is 1. The van der Waals surface area contributed by atoms with Gasteiger partial charge in [-0.15, -0.1) is 11.3 Å². The molecule has 6 rings (SSSR count). The van der Waals surface area contributed by atoms with E-state index in [1.807, 2.05) is 47.4 Å². The van der Waals surface area contributed by atoms with E-state index in [0.717, 1.165) is 61.9 Å². The summed E-state index contributed by atoms with van der Waals surface area (Å²) in [5.74, 6) is 0.400. The number of piperidine rings is 1. The van der Waals surface area contributed by atoms with Crippen LogP contribution in [0.2, 0.25) is 0 Å². The molecule has 0 spiro atoms. The lowest BCUT2D eigenvalue weighted by Gasteiger charge is -2.43. The number of hydrogen-bond donors (Lipinski definition) is 1. The van der Waals surface area contributed by atoms with Crippen molar-refractivity contribution in [3.8, 4) is 0 Å². The van der Waals surface area contributed by atoms with Crippen LogP contribution in [0.4, 0.5) is 5.00 Å². The molecule has 3 heterocycles. The zero-order valence-electron chi connectivity index (χ0n) is 22.3. The van der Waals surface area contributed by atoms with Crippen LogP contribution in [0.25, 0.3) is 10.1 Å². The molecule has 3 aliphatic rings. The molecule has 2 aromatic carbocycles. The zero-order chi connectivity index (χ0) is 26.8. The van der Waals surface area contributed by atoms with Crippen LogP contribution in [0.3, 0.4) is 0 Å². The predicted octanol–water partition coefficient (Wildman–Crippen LogP) is 5.09. The highest BCUT2D eigenvalue weighted by Crippen LogP contribution is 2.37. The number of anilines is 1. The van der Waals surface area contributed by atoms with Gasteiger partial charge in [-0.05, 0) is 43.9 Å². The highest BCUT2D eigenvalue weighted by molar-refractivity contribution is 7.23. The molecule has 1 saturated carbocycles. The maximum absolute atomic E-state index is 13.9. The van der Waals surface area contributed by atoms with Gasteiger partial charge in [-0.1, -0.05) is 49.2 Å². The zero-order valence-corrected chi connectivity index (χ0v) is 23.1. The number of hydrogen-bond acceptors (Lipinski definition) is 5. The first-order valence-electron chi connectivity index (χ1n) is 14.3. The summed E-state index contributed by atoms with van der Waals surface area (Å²) >= 11 is 1.45. The molecule has 1 N–H and O–H groups in total. The molecule has 2 saturated heterocycles. The summed E-state index contributed by atoms with van der Waals surface area (Å²) in [6.07, 6.45) is 6.53. The van der Waals surface area contributed by atoms with Crippen LogP contribution in [0.1, 0.15) is 59.2 Å². The van der Waals surface area contributed by atoms with E-state index in [0.29, 0.717) is 41.2 Å². The van der Waals surface area contributed by atoms with Crippen molar-refractivity contribution in [2.45, 2.75) is 44.6 Å². The predicted molar refractivity (Wildman–Crippen MR) is 155 cm³/mol. The van der Waals surface area contributed by atoms with Crippen LogP contribution in [0.5, 0.6) is 0 Å². The summed E-state index contributed by atoms with van der Waals surface area (Å²) < 4.78 is 0.988. The lowest BCUT2D eigenvalue weighted by atomic mass is 9.99. The third-order valence-corrected chi connectivity index (χ3v) is 9.76. The van der Waals surface area contributed by atoms with Gasteiger partial charge in [0, 0.05) is 66.9 Å². The van der Waals surface area contributed by atoms with E-state index in [1.165, 1.54) is 24.2 Å².